The van der Waals surface area contributed by atoms with Crippen molar-refractivity contribution in [2.75, 3.05) is 0 Å². The first-order chi connectivity index (χ1) is 13.4. The number of hydrogen-bond donors (Lipinski definition) is 2. The first-order valence-electron chi connectivity index (χ1n) is 9.17. The Morgan fingerprint density at radius 2 is 2.04 bits per heavy atom. The van der Waals surface area contributed by atoms with E-state index in [1.807, 2.05) is 25.1 Å². The van der Waals surface area contributed by atoms with Crippen molar-refractivity contribution in [2.24, 2.45) is 0 Å². The first kappa shape index (κ1) is 17.9. The number of carboxylic acid groups (broad SMARTS) is 1. The summed E-state index contributed by atoms with van der Waals surface area (Å²) in [5.41, 5.74) is 6.73. The highest BCUT2D eigenvalue weighted by Crippen LogP contribution is 2.22. The van der Waals surface area contributed by atoms with E-state index in [9.17, 15) is 4.79 Å². The number of benzene rings is 1. The summed E-state index contributed by atoms with van der Waals surface area (Å²) in [6.07, 6.45) is 3.35. The number of aromatic amines is 1. The standard InChI is InChI=1S/C21H21N5O2/c1-4-18-25-20-12(2)9-13(3)22-21(20)26(18)11-14-5-6-15-16(10-14)24-17(23-15)7-8-19(27)28/h5-10H,4,11H2,1-3H3,(H,23,24)(H,27,28)/b8-7+. The lowest BCUT2D eigenvalue weighted by Gasteiger charge is -2.08. The molecule has 3 aromatic heterocycles. The highest BCUT2D eigenvalue weighted by Gasteiger charge is 2.14. The lowest BCUT2D eigenvalue weighted by Crippen LogP contribution is -2.05. The summed E-state index contributed by atoms with van der Waals surface area (Å²) < 4.78 is 2.16. The molecule has 4 aromatic rings. The Bertz CT molecular complexity index is 1230. The molecule has 1 aromatic carbocycles. The summed E-state index contributed by atoms with van der Waals surface area (Å²) >= 11 is 0. The van der Waals surface area contributed by atoms with Crippen molar-refractivity contribution >= 4 is 34.2 Å². The summed E-state index contributed by atoms with van der Waals surface area (Å²) in [6, 6.07) is 8.06. The number of aromatic nitrogens is 5. The minimum absolute atomic E-state index is 0.518. The number of nitrogens with one attached hydrogen (secondary N) is 1. The van der Waals surface area contributed by atoms with Crippen molar-refractivity contribution in [3.8, 4) is 0 Å². The van der Waals surface area contributed by atoms with Gasteiger partial charge in [-0.05, 0) is 49.2 Å². The second kappa shape index (κ2) is 6.92. The van der Waals surface area contributed by atoms with Gasteiger partial charge in [-0.15, -0.1) is 0 Å². The molecule has 3 heterocycles. The van der Waals surface area contributed by atoms with Gasteiger partial charge >= 0.3 is 5.97 Å². The fourth-order valence-corrected chi connectivity index (χ4v) is 3.47. The van der Waals surface area contributed by atoms with Crippen molar-refractivity contribution in [3.63, 3.8) is 0 Å². The van der Waals surface area contributed by atoms with E-state index in [4.69, 9.17) is 15.1 Å². The van der Waals surface area contributed by atoms with E-state index in [1.54, 1.807) is 0 Å². The van der Waals surface area contributed by atoms with Crippen LogP contribution in [0.4, 0.5) is 0 Å². The van der Waals surface area contributed by atoms with Gasteiger partial charge in [-0.2, -0.15) is 0 Å². The Hall–Kier alpha value is -3.48. The molecule has 0 amide bonds. The summed E-state index contributed by atoms with van der Waals surface area (Å²) in [4.78, 5) is 27.8. The minimum atomic E-state index is -1.00. The highest BCUT2D eigenvalue weighted by atomic mass is 16.4. The van der Waals surface area contributed by atoms with Crippen LogP contribution >= 0.6 is 0 Å². The van der Waals surface area contributed by atoms with Crippen LogP contribution in [0, 0.1) is 13.8 Å². The molecule has 0 spiro atoms. The van der Waals surface area contributed by atoms with Gasteiger partial charge in [0.15, 0.2) is 5.65 Å². The fraction of sp³-hybridized carbons (Fsp3) is 0.238. The van der Waals surface area contributed by atoms with Crippen LogP contribution in [0.25, 0.3) is 28.3 Å². The molecule has 0 aliphatic carbocycles. The number of imidazole rings is 2. The normalized spacial score (nSPS) is 11.8. The molecular weight excluding hydrogens is 354 g/mol. The zero-order valence-corrected chi connectivity index (χ0v) is 16.0. The van der Waals surface area contributed by atoms with Gasteiger partial charge in [0, 0.05) is 18.2 Å². The molecule has 142 valence electrons. The van der Waals surface area contributed by atoms with Crippen molar-refractivity contribution < 1.29 is 9.90 Å². The average molecular weight is 375 g/mol. The highest BCUT2D eigenvalue weighted by molar-refractivity contribution is 5.86. The number of carbonyl (C=O) groups is 1. The SMILES string of the molecule is CCc1nc2c(C)cc(C)nc2n1Cc1ccc2nc(/C=C/C(=O)O)[nH]c2c1. The number of aliphatic carboxylic acids is 1. The zero-order chi connectivity index (χ0) is 19.8. The molecule has 0 saturated carbocycles. The third kappa shape index (κ3) is 3.26. The van der Waals surface area contributed by atoms with Crippen LogP contribution in [-0.2, 0) is 17.8 Å². The monoisotopic (exact) mass is 375 g/mol. The molecule has 0 radical (unpaired) electrons. The Balaban J connectivity index is 1.74. The van der Waals surface area contributed by atoms with Crippen LogP contribution in [0.2, 0.25) is 0 Å². The van der Waals surface area contributed by atoms with Crippen LogP contribution in [0.15, 0.2) is 30.3 Å². The van der Waals surface area contributed by atoms with Gasteiger partial charge in [0.2, 0.25) is 0 Å². The second-order valence-electron chi connectivity index (χ2n) is 6.87. The molecule has 7 nitrogen and oxygen atoms in total. The zero-order valence-electron chi connectivity index (χ0n) is 16.0. The molecule has 0 bridgehead atoms. The average Bonchev–Trinajstić information content (AvgIpc) is 3.21. The summed E-state index contributed by atoms with van der Waals surface area (Å²) in [7, 11) is 0. The number of hydrogen-bond acceptors (Lipinski definition) is 4. The van der Waals surface area contributed by atoms with E-state index in [-0.39, 0.29) is 0 Å². The molecule has 4 rings (SSSR count). The largest absolute Gasteiger partial charge is 0.478 e. The summed E-state index contributed by atoms with van der Waals surface area (Å²) in [6.45, 7) is 6.82. The van der Waals surface area contributed by atoms with Gasteiger partial charge in [0.1, 0.15) is 17.2 Å². The predicted octanol–water partition coefficient (Wildman–Crippen LogP) is 3.63. The first-order valence-corrected chi connectivity index (χ1v) is 9.17. The van der Waals surface area contributed by atoms with E-state index < -0.39 is 5.97 Å². The molecule has 0 aliphatic rings. The maximum atomic E-state index is 10.7. The topological polar surface area (TPSA) is 96.7 Å². The van der Waals surface area contributed by atoms with Gasteiger partial charge in [-0.3, -0.25) is 0 Å². The molecule has 2 N–H and O–H groups in total. The van der Waals surface area contributed by atoms with E-state index >= 15 is 0 Å². The Labute approximate surface area is 161 Å². The number of nitrogens with zero attached hydrogens (tertiary/aromatic N) is 4. The Morgan fingerprint density at radius 1 is 1.21 bits per heavy atom. The van der Waals surface area contributed by atoms with E-state index in [2.05, 4.69) is 34.4 Å². The van der Waals surface area contributed by atoms with Gasteiger partial charge in [-0.25, -0.2) is 19.7 Å². The van der Waals surface area contributed by atoms with Gasteiger partial charge in [0.25, 0.3) is 0 Å². The summed E-state index contributed by atoms with van der Waals surface area (Å²) in [5.74, 6) is 0.522. The molecule has 0 saturated heterocycles. The lowest BCUT2D eigenvalue weighted by molar-refractivity contribution is -0.131. The van der Waals surface area contributed by atoms with Crippen molar-refractivity contribution in [2.45, 2.75) is 33.7 Å². The number of H-pyrrole nitrogens is 1. The predicted molar refractivity (Wildman–Crippen MR) is 108 cm³/mol. The Morgan fingerprint density at radius 3 is 2.79 bits per heavy atom. The quantitative estimate of drug-likeness (QED) is 0.519. The van der Waals surface area contributed by atoms with Crippen molar-refractivity contribution in [1.82, 2.24) is 24.5 Å². The maximum Gasteiger partial charge on any atom is 0.328 e. The minimum Gasteiger partial charge on any atom is -0.478 e. The van der Waals surface area contributed by atoms with Crippen LogP contribution in [0.1, 0.15) is 35.4 Å². The van der Waals surface area contributed by atoms with Gasteiger partial charge in [-0.1, -0.05) is 13.0 Å². The third-order valence-electron chi connectivity index (χ3n) is 4.71. The molecule has 0 unspecified atom stereocenters. The van der Waals surface area contributed by atoms with Gasteiger partial charge in [0.05, 0.1) is 17.6 Å². The number of carboxylic acids is 1. The van der Waals surface area contributed by atoms with Gasteiger partial charge < -0.3 is 14.7 Å². The number of rotatable bonds is 5. The fourth-order valence-electron chi connectivity index (χ4n) is 3.47. The molecule has 0 atom stereocenters. The van der Waals surface area contributed by atoms with Crippen LogP contribution in [0.3, 0.4) is 0 Å². The second-order valence-corrected chi connectivity index (χ2v) is 6.87. The molecule has 7 heteroatoms. The van der Waals surface area contributed by atoms with E-state index in [0.717, 1.165) is 57.3 Å². The molecule has 28 heavy (non-hydrogen) atoms. The summed E-state index contributed by atoms with van der Waals surface area (Å²) in [5, 5.41) is 8.77. The van der Waals surface area contributed by atoms with Crippen LogP contribution in [0.5, 0.6) is 0 Å². The Kier molecular flexibility index (Phi) is 4.43. The molecule has 0 aliphatic heterocycles. The molecular formula is C21H21N5O2. The lowest BCUT2D eigenvalue weighted by atomic mass is 10.2. The van der Waals surface area contributed by atoms with Crippen LogP contribution in [-0.4, -0.2) is 35.6 Å². The van der Waals surface area contributed by atoms with Crippen molar-refractivity contribution in [1.29, 1.82) is 0 Å². The molecule has 0 fully saturated rings. The van der Waals surface area contributed by atoms with E-state index in [0.29, 0.717) is 12.4 Å². The van der Waals surface area contributed by atoms with E-state index in [1.165, 1.54) is 6.08 Å². The van der Waals surface area contributed by atoms with Crippen LogP contribution < -0.4 is 0 Å². The number of pyridine rings is 1. The van der Waals surface area contributed by atoms with Crippen molar-refractivity contribution in [3.05, 3.63) is 58.8 Å². The number of fused-ring (bicyclic) bond motifs is 2. The smallest absolute Gasteiger partial charge is 0.328 e. The maximum absolute atomic E-state index is 10.7. The number of aryl methyl sites for hydroxylation is 3. The third-order valence-corrected chi connectivity index (χ3v) is 4.71.